The van der Waals surface area contributed by atoms with Crippen LogP contribution in [0, 0.1) is 0 Å². The van der Waals surface area contributed by atoms with E-state index in [4.69, 9.17) is 4.74 Å². The SMILES string of the molecule is C=CC(=O)N1CCN(c2nc(COC)cc(Nc3nc4cccnc4s3)n2)CC1. The fourth-order valence-electron chi connectivity index (χ4n) is 3.10. The van der Waals surface area contributed by atoms with Gasteiger partial charge in [-0.05, 0) is 18.2 Å². The predicted octanol–water partition coefficient (Wildman–Crippen LogP) is 2.21. The number of thiazole rings is 1. The zero-order valence-corrected chi connectivity index (χ0v) is 16.9. The van der Waals surface area contributed by atoms with Crippen LogP contribution in [-0.2, 0) is 16.1 Å². The minimum atomic E-state index is -0.0505. The molecule has 0 atom stereocenters. The van der Waals surface area contributed by atoms with E-state index in [1.165, 1.54) is 17.4 Å². The summed E-state index contributed by atoms with van der Waals surface area (Å²) in [5, 5.41) is 3.98. The van der Waals surface area contributed by atoms with E-state index in [0.29, 0.717) is 49.7 Å². The number of carbonyl (C=O) groups is 1. The molecule has 0 spiro atoms. The number of hydrogen-bond donors (Lipinski definition) is 1. The van der Waals surface area contributed by atoms with Crippen LogP contribution in [0.3, 0.4) is 0 Å². The summed E-state index contributed by atoms with van der Waals surface area (Å²) in [5.74, 6) is 1.20. The van der Waals surface area contributed by atoms with E-state index < -0.39 is 0 Å². The monoisotopic (exact) mass is 411 g/mol. The Hall–Kier alpha value is -3.11. The van der Waals surface area contributed by atoms with Crippen molar-refractivity contribution >= 4 is 44.5 Å². The first-order valence-electron chi connectivity index (χ1n) is 9.18. The fourth-order valence-corrected chi connectivity index (χ4v) is 3.91. The number of pyridine rings is 1. The summed E-state index contributed by atoms with van der Waals surface area (Å²) in [6.07, 6.45) is 3.10. The first kappa shape index (κ1) is 19.2. The Morgan fingerprint density at radius 1 is 1.31 bits per heavy atom. The molecule has 1 saturated heterocycles. The van der Waals surface area contributed by atoms with E-state index in [1.54, 1.807) is 18.2 Å². The van der Waals surface area contributed by atoms with Crippen molar-refractivity contribution in [1.29, 1.82) is 0 Å². The van der Waals surface area contributed by atoms with Gasteiger partial charge in [-0.25, -0.2) is 15.0 Å². The molecule has 0 unspecified atom stereocenters. The summed E-state index contributed by atoms with van der Waals surface area (Å²) in [7, 11) is 1.63. The Morgan fingerprint density at radius 2 is 2.14 bits per heavy atom. The summed E-state index contributed by atoms with van der Waals surface area (Å²) >= 11 is 1.47. The van der Waals surface area contributed by atoms with Crippen molar-refractivity contribution in [2.45, 2.75) is 6.61 Å². The zero-order valence-electron chi connectivity index (χ0n) is 16.0. The molecule has 9 nitrogen and oxygen atoms in total. The normalized spacial score (nSPS) is 14.2. The molecule has 1 amide bonds. The number of piperazine rings is 1. The van der Waals surface area contributed by atoms with Gasteiger partial charge in [-0.2, -0.15) is 4.98 Å². The predicted molar refractivity (Wildman–Crippen MR) is 112 cm³/mol. The Balaban J connectivity index is 1.56. The number of methoxy groups -OCH3 is 1. The van der Waals surface area contributed by atoms with Gasteiger partial charge in [0, 0.05) is 45.6 Å². The summed E-state index contributed by atoms with van der Waals surface area (Å²) in [6, 6.07) is 5.64. The van der Waals surface area contributed by atoms with Gasteiger partial charge < -0.3 is 19.9 Å². The van der Waals surface area contributed by atoms with Crippen molar-refractivity contribution in [2.75, 3.05) is 43.5 Å². The minimum Gasteiger partial charge on any atom is -0.378 e. The molecule has 0 aromatic carbocycles. The van der Waals surface area contributed by atoms with Crippen LogP contribution >= 0.6 is 11.3 Å². The molecule has 0 saturated carbocycles. The van der Waals surface area contributed by atoms with Crippen molar-refractivity contribution in [2.24, 2.45) is 0 Å². The van der Waals surface area contributed by atoms with Gasteiger partial charge in [0.2, 0.25) is 11.9 Å². The largest absolute Gasteiger partial charge is 0.378 e. The van der Waals surface area contributed by atoms with E-state index in [-0.39, 0.29) is 5.91 Å². The first-order valence-corrected chi connectivity index (χ1v) is 9.99. The lowest BCUT2D eigenvalue weighted by Gasteiger charge is -2.34. The Morgan fingerprint density at radius 3 is 2.86 bits per heavy atom. The third-order valence-electron chi connectivity index (χ3n) is 4.51. The second-order valence-corrected chi connectivity index (χ2v) is 7.44. The van der Waals surface area contributed by atoms with Crippen LogP contribution in [0.25, 0.3) is 10.3 Å². The number of hydrogen-bond acceptors (Lipinski definition) is 9. The Kier molecular flexibility index (Phi) is 5.63. The van der Waals surface area contributed by atoms with Crippen molar-refractivity contribution < 1.29 is 9.53 Å². The van der Waals surface area contributed by atoms with Gasteiger partial charge in [0.25, 0.3) is 0 Å². The van der Waals surface area contributed by atoms with Gasteiger partial charge in [-0.15, -0.1) is 0 Å². The quantitative estimate of drug-likeness (QED) is 0.617. The van der Waals surface area contributed by atoms with Crippen LogP contribution in [0.4, 0.5) is 16.9 Å². The molecule has 29 heavy (non-hydrogen) atoms. The molecular weight excluding hydrogens is 390 g/mol. The summed E-state index contributed by atoms with van der Waals surface area (Å²) in [5.41, 5.74) is 1.61. The van der Waals surface area contributed by atoms with Gasteiger partial charge in [0.1, 0.15) is 16.2 Å². The minimum absolute atomic E-state index is 0.0505. The van der Waals surface area contributed by atoms with Crippen LogP contribution in [0.5, 0.6) is 0 Å². The van der Waals surface area contributed by atoms with Gasteiger partial charge in [0.05, 0.1) is 12.3 Å². The molecule has 0 bridgehead atoms. The average molecular weight is 411 g/mol. The number of carbonyl (C=O) groups excluding carboxylic acids is 1. The van der Waals surface area contributed by atoms with Gasteiger partial charge in [-0.3, -0.25) is 4.79 Å². The molecule has 1 aliphatic rings. The molecule has 1 aliphatic heterocycles. The highest BCUT2D eigenvalue weighted by molar-refractivity contribution is 7.21. The van der Waals surface area contributed by atoms with Gasteiger partial charge >= 0.3 is 0 Å². The summed E-state index contributed by atoms with van der Waals surface area (Å²) in [6.45, 7) is 6.45. The van der Waals surface area contributed by atoms with Crippen molar-refractivity contribution in [3.8, 4) is 0 Å². The third-order valence-corrected chi connectivity index (χ3v) is 5.40. The molecule has 1 N–H and O–H groups in total. The highest BCUT2D eigenvalue weighted by Crippen LogP contribution is 2.27. The fraction of sp³-hybridized carbons (Fsp3) is 0.316. The summed E-state index contributed by atoms with van der Waals surface area (Å²) < 4.78 is 5.26. The lowest BCUT2D eigenvalue weighted by atomic mass is 10.3. The Bertz CT molecular complexity index is 997. The molecule has 3 aromatic heterocycles. The molecule has 4 rings (SSSR count). The van der Waals surface area contributed by atoms with E-state index >= 15 is 0 Å². The first-order chi connectivity index (χ1) is 14.2. The zero-order chi connectivity index (χ0) is 20.2. The Labute approximate surface area is 172 Å². The van der Waals surface area contributed by atoms with Crippen LogP contribution in [0.15, 0.2) is 37.1 Å². The molecule has 0 aliphatic carbocycles. The van der Waals surface area contributed by atoms with Crippen LogP contribution in [0.2, 0.25) is 0 Å². The number of aromatic nitrogens is 4. The molecule has 10 heteroatoms. The van der Waals surface area contributed by atoms with E-state index in [2.05, 4.69) is 36.7 Å². The number of ether oxygens (including phenoxy) is 1. The lowest BCUT2D eigenvalue weighted by molar-refractivity contribution is -0.126. The highest BCUT2D eigenvalue weighted by atomic mass is 32.1. The van der Waals surface area contributed by atoms with E-state index in [9.17, 15) is 4.79 Å². The van der Waals surface area contributed by atoms with Crippen molar-refractivity contribution in [1.82, 2.24) is 24.8 Å². The molecular formula is C19H21N7O2S. The van der Waals surface area contributed by atoms with E-state index in [1.807, 2.05) is 18.2 Å². The molecule has 4 heterocycles. The second-order valence-electron chi connectivity index (χ2n) is 6.47. The molecule has 150 valence electrons. The maximum atomic E-state index is 11.8. The van der Waals surface area contributed by atoms with Crippen LogP contribution < -0.4 is 10.2 Å². The number of amides is 1. The van der Waals surface area contributed by atoms with Gasteiger partial charge in [-0.1, -0.05) is 17.9 Å². The number of nitrogens with one attached hydrogen (secondary N) is 1. The number of rotatable bonds is 6. The number of anilines is 3. The summed E-state index contributed by atoms with van der Waals surface area (Å²) in [4.78, 5) is 34.7. The van der Waals surface area contributed by atoms with Gasteiger partial charge in [0.15, 0.2) is 5.13 Å². The number of nitrogens with zero attached hydrogens (tertiary/aromatic N) is 6. The van der Waals surface area contributed by atoms with E-state index in [0.717, 1.165) is 16.0 Å². The standard InChI is InChI=1S/C19H21N7O2S/c1-3-16(27)25-7-9-26(10-8-25)18-21-13(12-28-2)11-15(23-18)24-19-22-14-5-4-6-20-17(14)29-19/h3-6,11H,1,7-10,12H2,2H3,(H,21,22,23,24). The topological polar surface area (TPSA) is 96.4 Å². The van der Waals surface area contributed by atoms with Crippen molar-refractivity contribution in [3.63, 3.8) is 0 Å². The van der Waals surface area contributed by atoms with Crippen LogP contribution in [0.1, 0.15) is 5.69 Å². The van der Waals surface area contributed by atoms with Crippen molar-refractivity contribution in [3.05, 3.63) is 42.7 Å². The maximum absolute atomic E-state index is 11.8. The molecule has 3 aromatic rings. The lowest BCUT2D eigenvalue weighted by Crippen LogP contribution is -2.48. The van der Waals surface area contributed by atoms with Crippen LogP contribution in [-0.4, -0.2) is 64.0 Å². The average Bonchev–Trinajstić information content (AvgIpc) is 3.15. The molecule has 0 radical (unpaired) electrons. The third kappa shape index (κ3) is 4.33. The molecule has 1 fully saturated rings. The second kappa shape index (κ2) is 8.50. The number of fused-ring (bicyclic) bond motifs is 1. The smallest absolute Gasteiger partial charge is 0.246 e. The maximum Gasteiger partial charge on any atom is 0.246 e. The highest BCUT2D eigenvalue weighted by Gasteiger charge is 2.22.